The topological polar surface area (TPSA) is 91.2 Å². The van der Waals surface area contributed by atoms with Crippen molar-refractivity contribution < 1.29 is 23.0 Å². The Bertz CT molecular complexity index is 1100. The molecule has 12 heteroatoms. The van der Waals surface area contributed by atoms with E-state index in [2.05, 4.69) is 40.4 Å². The summed E-state index contributed by atoms with van der Waals surface area (Å²) in [6.07, 6.45) is 4.07. The molecule has 0 saturated heterocycles. The van der Waals surface area contributed by atoms with Crippen LogP contribution in [0.3, 0.4) is 0 Å². The van der Waals surface area contributed by atoms with E-state index in [0.717, 1.165) is 0 Å². The molecule has 8 nitrogen and oxygen atoms in total. The summed E-state index contributed by atoms with van der Waals surface area (Å²) in [6.45, 7) is 3.63. The number of imidazole rings is 1. The number of carbonyl (C=O) groups excluding carboxylic acids is 1. The molecule has 1 N–H and O–H groups in total. The smallest absolute Gasteiger partial charge is 0.272 e. The minimum atomic E-state index is -2.66. The van der Waals surface area contributed by atoms with Gasteiger partial charge in [-0.3, -0.25) is 4.79 Å². The van der Waals surface area contributed by atoms with Crippen LogP contribution >= 0.6 is 23.4 Å². The van der Waals surface area contributed by atoms with Gasteiger partial charge in [-0.2, -0.15) is 11.8 Å². The van der Waals surface area contributed by atoms with Gasteiger partial charge in [-0.25, -0.2) is 23.7 Å². The number of carbonyl (C=O) groups is 1. The number of halogens is 3. The summed E-state index contributed by atoms with van der Waals surface area (Å²) in [4.78, 5) is 23.0. The van der Waals surface area contributed by atoms with Crippen LogP contribution in [0.2, 0.25) is 5.02 Å². The molecule has 0 spiro atoms. The fraction of sp³-hybridized carbons (Fsp3) is 0.455. The fourth-order valence-corrected chi connectivity index (χ4v) is 3.44. The Morgan fingerprint density at radius 1 is 1.29 bits per heavy atom. The largest absolute Gasteiger partial charge is 0.482 e. The lowest BCUT2D eigenvalue weighted by atomic mass is 10.0. The van der Waals surface area contributed by atoms with Gasteiger partial charge in [-0.1, -0.05) is 11.6 Å². The molecule has 0 fully saturated rings. The van der Waals surface area contributed by atoms with E-state index < -0.39 is 13.0 Å². The summed E-state index contributed by atoms with van der Waals surface area (Å²) in [5.41, 5.74) is 1.44. The summed E-state index contributed by atoms with van der Waals surface area (Å²) in [5, 5.41) is 3.47. The second kappa shape index (κ2) is 12.8. The zero-order chi connectivity index (χ0) is 25.3. The number of aryl methyl sites for hydroxylation is 1. The van der Waals surface area contributed by atoms with Gasteiger partial charge in [0.15, 0.2) is 17.9 Å². The number of thioether (sulfide) groups is 1. The number of alkyl halides is 2. The Morgan fingerprint density at radius 2 is 2.03 bits per heavy atom. The first-order valence-electron chi connectivity index (χ1n) is 10.3. The Morgan fingerprint density at radius 3 is 2.65 bits per heavy atom. The van der Waals surface area contributed by atoms with Crippen molar-refractivity contribution in [1.82, 2.24) is 24.8 Å². The number of aldehydes is 1. The third-order valence-electron chi connectivity index (χ3n) is 4.84. The van der Waals surface area contributed by atoms with Crippen LogP contribution < -0.4 is 14.8 Å². The average molecular weight is 516 g/mol. The molecule has 3 heterocycles. The first-order valence-corrected chi connectivity index (χ1v) is 12.1. The van der Waals surface area contributed by atoms with E-state index >= 15 is 0 Å². The van der Waals surface area contributed by atoms with Gasteiger partial charge in [0, 0.05) is 30.9 Å². The number of rotatable bonds is 10. The molecule has 34 heavy (non-hydrogen) atoms. The minimum absolute atomic E-state index is 0.0340. The molecule has 0 saturated carbocycles. The zero-order valence-corrected chi connectivity index (χ0v) is 21.2. The van der Waals surface area contributed by atoms with Gasteiger partial charge in [0.2, 0.25) is 5.88 Å². The van der Waals surface area contributed by atoms with Crippen LogP contribution in [0.1, 0.15) is 30.9 Å². The van der Waals surface area contributed by atoms with E-state index in [0.29, 0.717) is 22.9 Å². The van der Waals surface area contributed by atoms with Crippen molar-refractivity contribution in [2.24, 2.45) is 7.05 Å². The molecule has 0 aliphatic rings. The summed E-state index contributed by atoms with van der Waals surface area (Å²) >= 11 is 7.71. The Balaban J connectivity index is 0.000000387. The van der Waals surface area contributed by atoms with Crippen LogP contribution in [0, 0.1) is 0 Å². The van der Waals surface area contributed by atoms with Gasteiger partial charge < -0.3 is 19.4 Å². The maximum Gasteiger partial charge on any atom is 0.272 e. The summed E-state index contributed by atoms with van der Waals surface area (Å²) in [5.74, 6) is 1.51. The Kier molecular flexibility index (Phi) is 10.5. The first-order chi connectivity index (χ1) is 16.1. The molecule has 3 rings (SSSR count). The van der Waals surface area contributed by atoms with Crippen LogP contribution in [-0.2, 0) is 7.05 Å². The number of nitrogens with one attached hydrogen (secondary N) is 1. The lowest BCUT2D eigenvalue weighted by Gasteiger charge is -2.22. The third-order valence-corrected chi connectivity index (χ3v) is 5.66. The van der Waals surface area contributed by atoms with E-state index in [1.54, 1.807) is 17.7 Å². The molecule has 0 radical (unpaired) electrons. The molecule has 0 aliphatic heterocycles. The van der Waals surface area contributed by atoms with Crippen LogP contribution in [0.4, 0.5) is 8.78 Å². The highest BCUT2D eigenvalue weighted by atomic mass is 35.5. The number of hydrogen-bond acceptors (Lipinski definition) is 8. The van der Waals surface area contributed by atoms with Crippen molar-refractivity contribution in [3.63, 3.8) is 0 Å². The maximum atomic E-state index is 12.4. The highest BCUT2D eigenvalue weighted by Crippen LogP contribution is 2.32. The van der Waals surface area contributed by atoms with Crippen molar-refractivity contribution in [2.45, 2.75) is 32.2 Å². The van der Waals surface area contributed by atoms with Crippen LogP contribution in [0.5, 0.6) is 17.5 Å². The number of aromatic nitrogens is 4. The molecule has 0 amide bonds. The SMILES string of the molecule is CNC(C)(C)CCSC.Cn1c(C=O)nc2cnc(Oc3ncc(Cl)cc3OCC(F)F)cc21. The van der Waals surface area contributed by atoms with E-state index in [4.69, 9.17) is 21.1 Å². The first kappa shape index (κ1) is 27.7. The van der Waals surface area contributed by atoms with E-state index in [9.17, 15) is 13.6 Å². The lowest BCUT2D eigenvalue weighted by Crippen LogP contribution is -2.36. The van der Waals surface area contributed by atoms with Crippen molar-refractivity contribution in [2.75, 3.05) is 25.7 Å². The molecular weight excluding hydrogens is 488 g/mol. The maximum absolute atomic E-state index is 12.4. The van der Waals surface area contributed by atoms with Gasteiger partial charge in [-0.05, 0) is 39.3 Å². The molecular formula is C22H28ClF2N5O3S. The van der Waals surface area contributed by atoms with Crippen molar-refractivity contribution in [3.05, 3.63) is 35.4 Å². The van der Waals surface area contributed by atoms with Crippen molar-refractivity contribution in [1.29, 1.82) is 0 Å². The van der Waals surface area contributed by atoms with Gasteiger partial charge in [0.1, 0.15) is 12.1 Å². The molecule has 3 aromatic heterocycles. The highest BCUT2D eigenvalue weighted by molar-refractivity contribution is 7.98. The fourth-order valence-electron chi connectivity index (χ4n) is 2.58. The molecule has 0 aromatic carbocycles. The van der Waals surface area contributed by atoms with Crippen LogP contribution in [-0.4, -0.2) is 63.4 Å². The van der Waals surface area contributed by atoms with Crippen molar-refractivity contribution >= 4 is 40.7 Å². The quantitative estimate of drug-likeness (QED) is 0.377. The van der Waals surface area contributed by atoms with E-state index in [1.165, 1.54) is 30.6 Å². The molecule has 0 atom stereocenters. The summed E-state index contributed by atoms with van der Waals surface area (Å²) in [7, 11) is 3.68. The zero-order valence-electron chi connectivity index (χ0n) is 19.6. The van der Waals surface area contributed by atoms with E-state index in [-0.39, 0.29) is 28.4 Å². The highest BCUT2D eigenvalue weighted by Gasteiger charge is 2.15. The summed E-state index contributed by atoms with van der Waals surface area (Å²) in [6, 6.07) is 2.86. The van der Waals surface area contributed by atoms with Crippen LogP contribution in [0.15, 0.2) is 24.5 Å². The lowest BCUT2D eigenvalue weighted by molar-refractivity contribution is 0.0804. The normalized spacial score (nSPS) is 11.3. The Labute approximate surface area is 206 Å². The second-order valence-electron chi connectivity index (χ2n) is 7.80. The molecule has 3 aromatic rings. The van der Waals surface area contributed by atoms with Crippen molar-refractivity contribution in [3.8, 4) is 17.5 Å². The second-order valence-corrected chi connectivity index (χ2v) is 9.22. The third kappa shape index (κ3) is 8.07. The predicted molar refractivity (Wildman–Crippen MR) is 131 cm³/mol. The van der Waals surface area contributed by atoms with Gasteiger partial charge in [-0.15, -0.1) is 0 Å². The number of fused-ring (bicyclic) bond motifs is 1. The Hall–Kier alpha value is -2.50. The van der Waals surface area contributed by atoms with Crippen LogP contribution in [0.25, 0.3) is 11.0 Å². The monoisotopic (exact) mass is 515 g/mol. The average Bonchev–Trinajstić information content (AvgIpc) is 3.13. The van der Waals surface area contributed by atoms with Gasteiger partial charge in [0.25, 0.3) is 12.3 Å². The predicted octanol–water partition coefficient (Wildman–Crippen LogP) is 5.00. The molecule has 0 unspecified atom stereocenters. The number of hydrogen-bond donors (Lipinski definition) is 1. The van der Waals surface area contributed by atoms with Gasteiger partial charge >= 0.3 is 0 Å². The molecule has 0 bridgehead atoms. The number of nitrogens with zero attached hydrogens (tertiary/aromatic N) is 4. The molecule has 186 valence electrons. The molecule has 0 aliphatic carbocycles. The minimum Gasteiger partial charge on any atom is -0.482 e. The summed E-state index contributed by atoms with van der Waals surface area (Å²) < 4.78 is 36.8. The van der Waals surface area contributed by atoms with E-state index in [1.807, 2.05) is 18.8 Å². The number of pyridine rings is 2. The van der Waals surface area contributed by atoms with Gasteiger partial charge in [0.05, 0.1) is 16.7 Å². The number of ether oxygens (including phenoxy) is 2. The standard InChI is InChI=1S/C15H11ClF2N4O3.C7H17NS/c1-22-10-3-14(19-5-9(10)21-13(22)6-23)25-15-11(24-7-12(17)18)2-8(16)4-20-15;1-7(2,8-3)5-6-9-4/h2-6,12H,7H2,1H3;8H,5-6H2,1-4H3.